The summed E-state index contributed by atoms with van der Waals surface area (Å²) < 4.78 is 45.7. The van der Waals surface area contributed by atoms with E-state index in [1.807, 2.05) is 23.1 Å². The highest BCUT2D eigenvalue weighted by atomic mass is 32.2. The van der Waals surface area contributed by atoms with E-state index >= 15 is 0 Å². The highest BCUT2D eigenvalue weighted by Crippen LogP contribution is 2.39. The van der Waals surface area contributed by atoms with Crippen LogP contribution < -0.4 is 18.9 Å². The van der Waals surface area contributed by atoms with Gasteiger partial charge in [-0.05, 0) is 61.6 Å². The van der Waals surface area contributed by atoms with Crippen molar-refractivity contribution in [2.75, 3.05) is 26.9 Å². The lowest BCUT2D eigenvalue weighted by molar-refractivity contribution is 0.0735. The van der Waals surface area contributed by atoms with Gasteiger partial charge in [0.05, 0.1) is 13.2 Å². The monoisotopic (exact) mass is 486 g/mol. The normalized spacial score (nSPS) is 20.5. The summed E-state index contributed by atoms with van der Waals surface area (Å²) >= 11 is 0. The van der Waals surface area contributed by atoms with E-state index in [2.05, 4.69) is 4.72 Å². The fourth-order valence-electron chi connectivity index (χ4n) is 5.14. The second-order valence-corrected chi connectivity index (χ2v) is 10.7. The number of fused-ring (bicyclic) bond motifs is 1. The summed E-state index contributed by atoms with van der Waals surface area (Å²) in [4.78, 5) is 15.4. The molecule has 3 aliphatic rings. The van der Waals surface area contributed by atoms with Crippen LogP contribution in [0.2, 0.25) is 0 Å². The Kier molecular flexibility index (Phi) is 6.40. The maximum Gasteiger partial charge on any atom is 0.254 e. The van der Waals surface area contributed by atoms with Crippen molar-refractivity contribution >= 4 is 15.9 Å². The Morgan fingerprint density at radius 1 is 1.00 bits per heavy atom. The number of rotatable bonds is 6. The lowest BCUT2D eigenvalue weighted by Crippen LogP contribution is -2.33. The Labute approximate surface area is 200 Å². The van der Waals surface area contributed by atoms with Gasteiger partial charge in [0.2, 0.25) is 10.0 Å². The van der Waals surface area contributed by atoms with Gasteiger partial charge in [0.15, 0.2) is 11.5 Å². The molecule has 2 fully saturated rings. The molecule has 2 aromatic carbocycles. The fourth-order valence-corrected chi connectivity index (χ4v) is 6.64. The molecule has 182 valence electrons. The zero-order valence-corrected chi connectivity index (χ0v) is 20.1. The number of hydrogen-bond acceptors (Lipinski definition) is 6. The molecule has 1 saturated heterocycles. The van der Waals surface area contributed by atoms with Crippen molar-refractivity contribution in [3.05, 3.63) is 47.5 Å². The van der Waals surface area contributed by atoms with Crippen LogP contribution in [-0.4, -0.2) is 52.1 Å². The highest BCUT2D eigenvalue weighted by Gasteiger charge is 2.33. The van der Waals surface area contributed by atoms with Gasteiger partial charge in [-0.1, -0.05) is 18.9 Å². The zero-order valence-electron chi connectivity index (χ0n) is 19.3. The number of carbonyl (C=O) groups excluding carboxylic acids is 1. The third-order valence-corrected chi connectivity index (χ3v) is 8.38. The molecule has 2 aromatic rings. The zero-order chi connectivity index (χ0) is 23.7. The summed E-state index contributed by atoms with van der Waals surface area (Å²) in [5.41, 5.74) is 1.32. The van der Waals surface area contributed by atoms with Crippen LogP contribution in [0.4, 0.5) is 0 Å². The Hall–Kier alpha value is -2.78. The van der Waals surface area contributed by atoms with E-state index in [1.54, 1.807) is 12.1 Å². The van der Waals surface area contributed by atoms with Gasteiger partial charge in [0.1, 0.15) is 23.9 Å². The lowest BCUT2D eigenvalue weighted by atomic mass is 10.0. The minimum absolute atomic E-state index is 0.00262. The topological polar surface area (TPSA) is 94.2 Å². The number of ether oxygens (including phenoxy) is 3. The predicted octanol–water partition coefficient (Wildman–Crippen LogP) is 3.66. The maximum absolute atomic E-state index is 13.6. The van der Waals surface area contributed by atoms with E-state index in [1.165, 1.54) is 13.2 Å². The van der Waals surface area contributed by atoms with Crippen molar-refractivity contribution in [1.29, 1.82) is 0 Å². The van der Waals surface area contributed by atoms with E-state index in [9.17, 15) is 13.2 Å². The third kappa shape index (κ3) is 4.46. The second-order valence-electron chi connectivity index (χ2n) is 9.03. The van der Waals surface area contributed by atoms with E-state index in [0.717, 1.165) is 44.1 Å². The third-order valence-electron chi connectivity index (χ3n) is 6.84. The largest absolute Gasteiger partial charge is 0.495 e. The molecule has 1 amide bonds. The molecule has 1 aliphatic carbocycles. The van der Waals surface area contributed by atoms with Gasteiger partial charge in [-0.15, -0.1) is 0 Å². The molecule has 2 aliphatic heterocycles. The molecule has 1 saturated carbocycles. The van der Waals surface area contributed by atoms with Crippen LogP contribution in [0.15, 0.2) is 41.3 Å². The van der Waals surface area contributed by atoms with Gasteiger partial charge in [-0.25, -0.2) is 13.1 Å². The van der Waals surface area contributed by atoms with Crippen LogP contribution in [0.25, 0.3) is 0 Å². The average molecular weight is 487 g/mol. The first-order chi connectivity index (χ1) is 16.5. The smallest absolute Gasteiger partial charge is 0.254 e. The number of sulfonamides is 1. The summed E-state index contributed by atoms with van der Waals surface area (Å²) in [6.07, 6.45) is 5.37. The first-order valence-corrected chi connectivity index (χ1v) is 13.4. The molecular formula is C25H30N2O6S. The fraction of sp³-hybridized carbons (Fsp3) is 0.480. The van der Waals surface area contributed by atoms with Crippen molar-refractivity contribution in [2.24, 2.45) is 0 Å². The Bertz CT molecular complexity index is 1180. The Morgan fingerprint density at radius 2 is 1.76 bits per heavy atom. The SMILES string of the molecule is COc1ccc(C(=O)N2CCCC2c2ccc3c(c2)OCCO3)cc1S(=O)(=O)NC1CCCC1. The van der Waals surface area contributed by atoms with Crippen LogP contribution in [0.1, 0.15) is 60.5 Å². The molecule has 1 atom stereocenters. The Balaban J connectivity index is 1.42. The van der Waals surface area contributed by atoms with Gasteiger partial charge in [-0.2, -0.15) is 0 Å². The van der Waals surface area contributed by atoms with Crippen molar-refractivity contribution < 1.29 is 27.4 Å². The number of likely N-dealkylation sites (tertiary alicyclic amines) is 1. The molecule has 0 bridgehead atoms. The van der Waals surface area contributed by atoms with Crippen molar-refractivity contribution in [3.8, 4) is 17.2 Å². The van der Waals surface area contributed by atoms with Crippen LogP contribution in [0.5, 0.6) is 17.2 Å². The number of hydrogen-bond donors (Lipinski definition) is 1. The highest BCUT2D eigenvalue weighted by molar-refractivity contribution is 7.89. The number of amides is 1. The number of nitrogens with zero attached hydrogens (tertiary/aromatic N) is 1. The lowest BCUT2D eigenvalue weighted by Gasteiger charge is -2.27. The maximum atomic E-state index is 13.6. The summed E-state index contributed by atoms with van der Waals surface area (Å²) in [7, 11) is -2.38. The summed E-state index contributed by atoms with van der Waals surface area (Å²) in [6, 6.07) is 10.3. The predicted molar refractivity (Wildman–Crippen MR) is 126 cm³/mol. The van der Waals surface area contributed by atoms with Crippen LogP contribution in [0, 0.1) is 0 Å². The first-order valence-electron chi connectivity index (χ1n) is 11.9. The van der Waals surface area contributed by atoms with Gasteiger partial charge < -0.3 is 19.1 Å². The van der Waals surface area contributed by atoms with Gasteiger partial charge in [-0.3, -0.25) is 4.79 Å². The Morgan fingerprint density at radius 3 is 2.53 bits per heavy atom. The van der Waals surface area contributed by atoms with Gasteiger partial charge in [0, 0.05) is 18.2 Å². The van der Waals surface area contributed by atoms with Gasteiger partial charge in [0.25, 0.3) is 5.91 Å². The minimum atomic E-state index is -3.82. The summed E-state index contributed by atoms with van der Waals surface area (Å²) in [5.74, 6) is 1.44. The summed E-state index contributed by atoms with van der Waals surface area (Å²) in [6.45, 7) is 1.63. The standard InChI is InChI=1S/C25H30N2O6S/c1-31-22-11-9-18(16-24(22)34(29,30)26-19-5-2-3-6-19)25(28)27-12-4-7-20(27)17-8-10-21-23(15-17)33-14-13-32-21/h8-11,15-16,19-20,26H,2-7,12-14H2,1H3. The molecule has 1 N–H and O–H groups in total. The quantitative estimate of drug-likeness (QED) is 0.670. The second kappa shape index (κ2) is 9.46. The summed E-state index contributed by atoms with van der Waals surface area (Å²) in [5, 5.41) is 0. The van der Waals surface area contributed by atoms with Crippen molar-refractivity contribution in [3.63, 3.8) is 0 Å². The van der Waals surface area contributed by atoms with Crippen LogP contribution in [0.3, 0.4) is 0 Å². The molecule has 5 rings (SSSR count). The molecule has 0 spiro atoms. The first kappa shape index (κ1) is 23.0. The number of benzene rings is 2. The molecule has 2 heterocycles. The number of carbonyl (C=O) groups is 1. The van der Waals surface area contributed by atoms with E-state index < -0.39 is 10.0 Å². The number of methoxy groups -OCH3 is 1. The van der Waals surface area contributed by atoms with Crippen molar-refractivity contribution in [2.45, 2.75) is 55.5 Å². The molecular weight excluding hydrogens is 456 g/mol. The molecule has 0 aromatic heterocycles. The molecule has 1 unspecified atom stereocenters. The van der Waals surface area contributed by atoms with Crippen molar-refractivity contribution in [1.82, 2.24) is 9.62 Å². The average Bonchev–Trinajstić information content (AvgIpc) is 3.55. The van der Waals surface area contributed by atoms with Crippen LogP contribution >= 0.6 is 0 Å². The number of nitrogens with one attached hydrogen (secondary N) is 1. The van der Waals surface area contributed by atoms with Crippen LogP contribution in [-0.2, 0) is 10.0 Å². The molecule has 8 nitrogen and oxygen atoms in total. The molecule has 9 heteroatoms. The molecule has 0 radical (unpaired) electrons. The van der Waals surface area contributed by atoms with Gasteiger partial charge >= 0.3 is 0 Å². The van der Waals surface area contributed by atoms with E-state index in [-0.39, 0.29) is 28.6 Å². The molecule has 34 heavy (non-hydrogen) atoms. The van der Waals surface area contributed by atoms with E-state index in [4.69, 9.17) is 14.2 Å². The van der Waals surface area contributed by atoms with E-state index in [0.29, 0.717) is 36.8 Å². The minimum Gasteiger partial charge on any atom is -0.495 e.